The molecule has 2 bridgehead atoms. The zero-order chi connectivity index (χ0) is 22.2. The van der Waals surface area contributed by atoms with Crippen LogP contribution in [-0.4, -0.2) is 42.0 Å². The minimum Gasteiger partial charge on any atom is -0.338 e. The molecule has 2 aliphatic rings. The molecule has 2 aliphatic carbocycles. The Morgan fingerprint density at radius 1 is 1.32 bits per heavy atom. The summed E-state index contributed by atoms with van der Waals surface area (Å²) in [5.41, 5.74) is -0.181. The molecule has 6 nitrogen and oxygen atoms in total. The smallest absolute Gasteiger partial charge is 0.321 e. The third kappa shape index (κ3) is 8.01. The summed E-state index contributed by atoms with van der Waals surface area (Å²) >= 11 is 6.05. The third-order valence-corrected chi connectivity index (χ3v) is 6.42. The van der Waals surface area contributed by atoms with Gasteiger partial charge in [0, 0.05) is 49.7 Å². The zero-order valence-electron chi connectivity index (χ0n) is 18.3. The number of hydroxylamine groups is 2. The first-order valence-electron chi connectivity index (χ1n) is 10.6. The average molecular weight is 680 g/mol. The van der Waals surface area contributed by atoms with Crippen LogP contribution < -0.4 is 10.6 Å². The Hall–Kier alpha value is -0.648. The number of alkyl halides is 1. The van der Waals surface area contributed by atoms with Crippen LogP contribution in [0.5, 0.6) is 0 Å². The molecular weight excluding hydrogens is 647 g/mol. The molecule has 2 saturated carbocycles. The van der Waals surface area contributed by atoms with Gasteiger partial charge in [-0.2, -0.15) is 5.06 Å². The number of carbonyl (C=O) groups is 2. The van der Waals surface area contributed by atoms with Gasteiger partial charge in [-0.25, -0.2) is 9.18 Å². The Kier molecular flexibility index (Phi) is 12.0. The predicted molar refractivity (Wildman–Crippen MR) is 115 cm³/mol. The molecule has 1 aromatic rings. The zero-order valence-corrected chi connectivity index (χ0v) is 23.2. The maximum atomic E-state index is 14.4. The summed E-state index contributed by atoms with van der Waals surface area (Å²) in [6.45, 7) is 2.72. The van der Waals surface area contributed by atoms with Gasteiger partial charge >= 0.3 is 6.03 Å². The molecule has 0 saturated heterocycles. The number of urea groups is 1. The molecule has 0 aromatic heterocycles. The van der Waals surface area contributed by atoms with E-state index >= 15 is 0 Å². The van der Waals surface area contributed by atoms with Gasteiger partial charge in [0.2, 0.25) is 6.41 Å². The minimum atomic E-state index is -1.01. The molecular formula is C22H33ClFN3O3U. The SMILES string of the molecule is CCCCCNC(=O)NC=O.CN(O)C(c1cccc(Cl)c1)C12CCC(F)(CC1)C2.[U]. The summed E-state index contributed by atoms with van der Waals surface area (Å²) in [6.07, 6.45) is 7.03. The van der Waals surface area contributed by atoms with Crippen molar-refractivity contribution in [2.24, 2.45) is 5.41 Å². The van der Waals surface area contributed by atoms with Gasteiger partial charge < -0.3 is 10.5 Å². The summed E-state index contributed by atoms with van der Waals surface area (Å²) in [6, 6.07) is 6.96. The monoisotopic (exact) mass is 679 g/mol. The van der Waals surface area contributed by atoms with E-state index in [-0.39, 0.29) is 42.6 Å². The normalized spacial score (nSPS) is 24.6. The molecule has 172 valence electrons. The van der Waals surface area contributed by atoms with E-state index in [1.165, 1.54) is 5.06 Å². The third-order valence-electron chi connectivity index (χ3n) is 6.18. The van der Waals surface area contributed by atoms with Crippen molar-refractivity contribution in [2.45, 2.75) is 70.0 Å². The van der Waals surface area contributed by atoms with Crippen LogP contribution in [0.3, 0.4) is 0 Å². The van der Waals surface area contributed by atoms with Crippen molar-refractivity contribution in [1.29, 1.82) is 0 Å². The van der Waals surface area contributed by atoms with Crippen LogP contribution in [0.4, 0.5) is 9.18 Å². The molecule has 1 aromatic carbocycles. The number of benzene rings is 1. The van der Waals surface area contributed by atoms with Crippen LogP contribution in [0.2, 0.25) is 5.02 Å². The predicted octanol–water partition coefficient (Wildman–Crippen LogP) is 5.01. The van der Waals surface area contributed by atoms with E-state index < -0.39 is 11.7 Å². The largest absolute Gasteiger partial charge is 0.338 e. The maximum Gasteiger partial charge on any atom is 0.321 e. The molecule has 1 unspecified atom stereocenters. The van der Waals surface area contributed by atoms with Gasteiger partial charge in [0.05, 0.1) is 6.04 Å². The number of hydrogen-bond acceptors (Lipinski definition) is 4. The van der Waals surface area contributed by atoms with Crippen LogP contribution in [0, 0.1) is 36.5 Å². The Labute approximate surface area is 213 Å². The molecule has 0 spiro atoms. The standard InChI is InChI=1S/C15H19ClFNO.C7H14N2O2.U/c1-18(19)13(11-3-2-4-12(16)9-11)14-5-7-15(17,10-14)8-6-14;1-2-3-4-5-8-7(11)9-6-10;/h2-4,9,13,19H,5-8,10H2,1H3;6H,2-5H2,1H3,(H2,8,9,10,11);. The van der Waals surface area contributed by atoms with Crippen molar-refractivity contribution in [2.75, 3.05) is 13.6 Å². The number of hydrogen-bond donors (Lipinski definition) is 3. The molecule has 2 fully saturated rings. The second-order valence-corrected chi connectivity index (χ2v) is 8.88. The number of unbranched alkanes of at least 4 members (excludes halogenated alkanes) is 2. The first-order valence-corrected chi connectivity index (χ1v) is 11.0. The molecule has 3 N–H and O–H groups in total. The van der Waals surface area contributed by atoms with Crippen molar-refractivity contribution >= 4 is 24.0 Å². The van der Waals surface area contributed by atoms with E-state index in [4.69, 9.17) is 11.6 Å². The van der Waals surface area contributed by atoms with Gasteiger partial charge in [0.25, 0.3) is 0 Å². The van der Waals surface area contributed by atoms with E-state index in [1.807, 2.05) is 29.6 Å². The number of imide groups is 1. The van der Waals surface area contributed by atoms with Crippen LogP contribution >= 0.6 is 11.6 Å². The quantitative estimate of drug-likeness (QED) is 0.205. The Balaban J connectivity index is 0.000000349. The van der Waals surface area contributed by atoms with Crippen molar-refractivity contribution < 1.29 is 50.3 Å². The van der Waals surface area contributed by atoms with Gasteiger partial charge in [-0.05, 0) is 61.6 Å². The molecule has 9 heteroatoms. The second kappa shape index (κ2) is 13.2. The fraction of sp³-hybridized carbons (Fsp3) is 0.636. The summed E-state index contributed by atoms with van der Waals surface area (Å²) in [5, 5.41) is 16.5. The molecule has 3 amide bonds. The van der Waals surface area contributed by atoms with Crippen molar-refractivity contribution in [3.05, 3.63) is 34.9 Å². The summed E-state index contributed by atoms with van der Waals surface area (Å²) in [5.74, 6) is 0. The van der Waals surface area contributed by atoms with E-state index in [2.05, 4.69) is 12.2 Å². The summed E-state index contributed by atoms with van der Waals surface area (Å²) in [7, 11) is 1.65. The van der Waals surface area contributed by atoms with Crippen LogP contribution in [0.25, 0.3) is 0 Å². The number of nitrogens with zero attached hydrogens (tertiary/aromatic N) is 1. The fourth-order valence-corrected chi connectivity index (χ4v) is 5.07. The number of carbonyl (C=O) groups excluding carboxylic acids is 2. The number of nitrogens with one attached hydrogen (secondary N) is 2. The molecule has 3 rings (SSSR count). The fourth-order valence-electron chi connectivity index (χ4n) is 4.87. The van der Waals surface area contributed by atoms with Crippen LogP contribution in [0.15, 0.2) is 24.3 Å². The Morgan fingerprint density at radius 2 is 2.00 bits per heavy atom. The number of halogens is 2. The molecule has 0 heterocycles. The van der Waals surface area contributed by atoms with Gasteiger partial charge in [-0.15, -0.1) is 0 Å². The van der Waals surface area contributed by atoms with E-state index in [9.17, 15) is 19.2 Å². The first kappa shape index (κ1) is 28.4. The van der Waals surface area contributed by atoms with E-state index in [1.54, 1.807) is 7.05 Å². The van der Waals surface area contributed by atoms with E-state index in [0.29, 0.717) is 37.2 Å². The van der Waals surface area contributed by atoms with Crippen LogP contribution in [0.1, 0.15) is 69.9 Å². The maximum absolute atomic E-state index is 14.4. The first-order chi connectivity index (χ1) is 14.2. The Morgan fingerprint density at radius 3 is 2.48 bits per heavy atom. The molecule has 31 heavy (non-hydrogen) atoms. The molecule has 1 atom stereocenters. The van der Waals surface area contributed by atoms with Crippen LogP contribution in [-0.2, 0) is 4.79 Å². The minimum absolute atomic E-state index is 0. The van der Waals surface area contributed by atoms with Crippen molar-refractivity contribution in [3.63, 3.8) is 0 Å². The van der Waals surface area contributed by atoms with Crippen molar-refractivity contribution in [1.82, 2.24) is 15.7 Å². The molecule has 0 aliphatic heterocycles. The van der Waals surface area contributed by atoms with Gasteiger partial charge in [-0.3, -0.25) is 10.1 Å². The average Bonchev–Trinajstić information content (AvgIpc) is 3.20. The topological polar surface area (TPSA) is 81.7 Å². The number of amides is 3. The van der Waals surface area contributed by atoms with Crippen molar-refractivity contribution in [3.8, 4) is 0 Å². The number of fused-ring (bicyclic) bond motifs is 2. The van der Waals surface area contributed by atoms with Gasteiger partial charge in [-0.1, -0.05) is 43.5 Å². The number of rotatable bonds is 8. The summed E-state index contributed by atoms with van der Waals surface area (Å²) in [4.78, 5) is 20.3. The Bertz CT molecular complexity index is 715. The van der Waals surface area contributed by atoms with E-state index in [0.717, 1.165) is 37.7 Å². The molecule has 0 radical (unpaired) electrons. The van der Waals surface area contributed by atoms with Gasteiger partial charge in [0.15, 0.2) is 0 Å². The second-order valence-electron chi connectivity index (χ2n) is 8.45. The summed E-state index contributed by atoms with van der Waals surface area (Å²) < 4.78 is 14.4. The van der Waals surface area contributed by atoms with Gasteiger partial charge in [0.1, 0.15) is 5.67 Å².